The predicted octanol–water partition coefficient (Wildman–Crippen LogP) is 4.43. The van der Waals surface area contributed by atoms with E-state index in [-0.39, 0.29) is 0 Å². The Labute approximate surface area is 137 Å². The largest absolute Gasteiger partial charge is 0.415 e. The van der Waals surface area contributed by atoms with E-state index in [1.54, 1.807) is 6.20 Å². The van der Waals surface area contributed by atoms with Crippen molar-refractivity contribution in [2.45, 2.75) is 0 Å². The number of rotatable bonds is 2. The predicted molar refractivity (Wildman–Crippen MR) is 92.3 cm³/mol. The van der Waals surface area contributed by atoms with Crippen molar-refractivity contribution in [2.75, 3.05) is 0 Å². The van der Waals surface area contributed by atoms with Crippen LogP contribution in [-0.2, 0) is 0 Å². The summed E-state index contributed by atoms with van der Waals surface area (Å²) in [6, 6.07) is 19.9. The van der Waals surface area contributed by atoms with Crippen LogP contribution in [0.5, 0.6) is 0 Å². The Balaban J connectivity index is 1.64. The normalized spacial score (nSPS) is 11.3. The molecule has 1 N–H and O–H groups in total. The van der Waals surface area contributed by atoms with Gasteiger partial charge in [-0.05, 0) is 24.3 Å². The molecule has 0 atom stereocenters. The molecule has 0 aliphatic heterocycles. The van der Waals surface area contributed by atoms with Crippen LogP contribution in [-0.4, -0.2) is 20.2 Å². The number of hydrogen-bond donors (Lipinski definition) is 1. The van der Waals surface area contributed by atoms with E-state index >= 15 is 0 Å². The van der Waals surface area contributed by atoms with Gasteiger partial charge in [0.1, 0.15) is 5.69 Å². The fourth-order valence-corrected chi connectivity index (χ4v) is 2.89. The highest BCUT2D eigenvalue weighted by molar-refractivity contribution is 6.07. The second kappa shape index (κ2) is 5.03. The van der Waals surface area contributed by atoms with Gasteiger partial charge in [0.25, 0.3) is 5.89 Å². The minimum atomic E-state index is 0.418. The highest BCUT2D eigenvalue weighted by Crippen LogP contribution is 2.29. The monoisotopic (exact) mass is 312 g/mol. The summed E-state index contributed by atoms with van der Waals surface area (Å²) < 4.78 is 5.80. The van der Waals surface area contributed by atoms with Gasteiger partial charge in [0.15, 0.2) is 0 Å². The number of aromatic amines is 1. The minimum Gasteiger partial charge on any atom is -0.415 e. The lowest BCUT2D eigenvalue weighted by Crippen LogP contribution is -1.83. The van der Waals surface area contributed by atoms with Crippen molar-refractivity contribution in [2.24, 2.45) is 0 Å². The third-order valence-electron chi connectivity index (χ3n) is 4.06. The van der Waals surface area contributed by atoms with Crippen molar-refractivity contribution < 1.29 is 4.42 Å². The third-order valence-corrected chi connectivity index (χ3v) is 4.06. The zero-order valence-corrected chi connectivity index (χ0v) is 12.6. The smallest absolute Gasteiger partial charge is 0.266 e. The molecule has 5 nitrogen and oxygen atoms in total. The summed E-state index contributed by atoms with van der Waals surface area (Å²) in [6.45, 7) is 0. The fraction of sp³-hybridized carbons (Fsp3) is 0. The zero-order chi connectivity index (χ0) is 15.9. The number of para-hydroxylation sites is 1. The van der Waals surface area contributed by atoms with Crippen molar-refractivity contribution in [1.29, 1.82) is 0 Å². The van der Waals surface area contributed by atoms with E-state index in [0.29, 0.717) is 17.5 Å². The van der Waals surface area contributed by atoms with Crippen molar-refractivity contribution in [3.8, 4) is 23.0 Å². The minimum absolute atomic E-state index is 0.418. The van der Waals surface area contributed by atoms with Crippen LogP contribution in [0.4, 0.5) is 0 Å². The first-order chi connectivity index (χ1) is 11.9. The maximum absolute atomic E-state index is 5.80. The van der Waals surface area contributed by atoms with Gasteiger partial charge in [-0.3, -0.25) is 0 Å². The summed E-state index contributed by atoms with van der Waals surface area (Å²) in [5, 5.41) is 10.5. The standard InChI is InChI=1S/C19H12N4O/c1-2-6-12(7-3-1)18-22-23-19(24-18)16-10-14-13-8-4-5-9-15(13)21-17(14)11-20-16/h1-11,21H. The van der Waals surface area contributed by atoms with E-state index in [1.807, 2.05) is 48.5 Å². The Morgan fingerprint density at radius 3 is 2.46 bits per heavy atom. The lowest BCUT2D eigenvalue weighted by Gasteiger charge is -1.96. The Morgan fingerprint density at radius 1 is 0.750 bits per heavy atom. The molecule has 5 aromatic rings. The third kappa shape index (κ3) is 1.99. The summed E-state index contributed by atoms with van der Waals surface area (Å²) in [6.07, 6.45) is 1.80. The number of nitrogens with zero attached hydrogens (tertiary/aromatic N) is 3. The van der Waals surface area contributed by atoms with Crippen LogP contribution in [0.3, 0.4) is 0 Å². The zero-order valence-electron chi connectivity index (χ0n) is 12.6. The molecule has 0 unspecified atom stereocenters. The van der Waals surface area contributed by atoms with Crippen LogP contribution in [0.25, 0.3) is 44.8 Å². The van der Waals surface area contributed by atoms with Gasteiger partial charge in [-0.25, -0.2) is 4.98 Å². The van der Waals surface area contributed by atoms with Crippen LogP contribution in [0.15, 0.2) is 71.3 Å². The van der Waals surface area contributed by atoms with Gasteiger partial charge in [-0.15, -0.1) is 10.2 Å². The molecule has 0 saturated carbocycles. The molecule has 0 spiro atoms. The van der Waals surface area contributed by atoms with Gasteiger partial charge >= 0.3 is 0 Å². The van der Waals surface area contributed by atoms with Gasteiger partial charge in [0.05, 0.1) is 11.7 Å². The van der Waals surface area contributed by atoms with E-state index in [1.165, 1.54) is 0 Å². The molecule has 3 aromatic heterocycles. The van der Waals surface area contributed by atoms with Crippen LogP contribution < -0.4 is 0 Å². The van der Waals surface area contributed by atoms with Gasteiger partial charge < -0.3 is 9.40 Å². The molecule has 0 radical (unpaired) electrons. The Kier molecular flexibility index (Phi) is 2.72. The molecule has 3 heterocycles. The van der Waals surface area contributed by atoms with E-state index in [2.05, 4.69) is 32.3 Å². The lowest BCUT2D eigenvalue weighted by molar-refractivity contribution is 0.582. The Hall–Kier alpha value is -3.47. The number of benzene rings is 2. The molecule has 24 heavy (non-hydrogen) atoms. The van der Waals surface area contributed by atoms with Crippen LogP contribution in [0.2, 0.25) is 0 Å². The van der Waals surface area contributed by atoms with Gasteiger partial charge in [-0.1, -0.05) is 36.4 Å². The molecule has 0 bridgehead atoms. The number of hydrogen-bond acceptors (Lipinski definition) is 4. The van der Waals surface area contributed by atoms with Crippen LogP contribution in [0.1, 0.15) is 0 Å². The molecular weight excluding hydrogens is 300 g/mol. The molecule has 0 amide bonds. The number of nitrogens with one attached hydrogen (secondary N) is 1. The summed E-state index contributed by atoms with van der Waals surface area (Å²) in [5.41, 5.74) is 3.64. The van der Waals surface area contributed by atoms with Crippen LogP contribution in [0, 0.1) is 0 Å². The SMILES string of the molecule is c1ccc(-c2nnc(-c3cc4c(cn3)[nH]c3ccccc34)o2)cc1. The number of aromatic nitrogens is 4. The Morgan fingerprint density at radius 2 is 1.54 bits per heavy atom. The highest BCUT2D eigenvalue weighted by Gasteiger charge is 2.13. The van der Waals surface area contributed by atoms with E-state index < -0.39 is 0 Å². The first-order valence-corrected chi connectivity index (χ1v) is 7.64. The summed E-state index contributed by atoms with van der Waals surface area (Å²) >= 11 is 0. The van der Waals surface area contributed by atoms with E-state index in [4.69, 9.17) is 4.42 Å². The van der Waals surface area contributed by atoms with Crippen LogP contribution >= 0.6 is 0 Å². The first kappa shape index (κ1) is 13.0. The second-order valence-corrected chi connectivity index (χ2v) is 5.56. The molecule has 114 valence electrons. The average molecular weight is 312 g/mol. The van der Waals surface area contributed by atoms with Gasteiger partial charge in [-0.2, -0.15) is 0 Å². The molecule has 0 aliphatic rings. The Bertz CT molecular complexity index is 1160. The molecule has 2 aromatic carbocycles. The van der Waals surface area contributed by atoms with Crippen molar-refractivity contribution in [3.63, 3.8) is 0 Å². The first-order valence-electron chi connectivity index (χ1n) is 7.64. The summed E-state index contributed by atoms with van der Waals surface area (Å²) in [5.74, 6) is 0.910. The molecule has 5 heteroatoms. The summed E-state index contributed by atoms with van der Waals surface area (Å²) in [4.78, 5) is 7.81. The quantitative estimate of drug-likeness (QED) is 0.523. The maximum atomic E-state index is 5.80. The molecule has 0 fully saturated rings. The molecule has 0 saturated heterocycles. The number of H-pyrrole nitrogens is 1. The summed E-state index contributed by atoms with van der Waals surface area (Å²) in [7, 11) is 0. The average Bonchev–Trinajstić information content (AvgIpc) is 3.27. The van der Waals surface area contributed by atoms with Gasteiger partial charge in [0, 0.05) is 21.9 Å². The molecule has 0 aliphatic carbocycles. The van der Waals surface area contributed by atoms with Gasteiger partial charge in [0.2, 0.25) is 5.89 Å². The number of pyridine rings is 1. The van der Waals surface area contributed by atoms with Crippen molar-refractivity contribution in [1.82, 2.24) is 20.2 Å². The number of fused-ring (bicyclic) bond motifs is 3. The maximum Gasteiger partial charge on any atom is 0.266 e. The van der Waals surface area contributed by atoms with Crippen molar-refractivity contribution >= 4 is 21.8 Å². The fourth-order valence-electron chi connectivity index (χ4n) is 2.89. The van der Waals surface area contributed by atoms with E-state index in [9.17, 15) is 0 Å². The molecular formula is C19H12N4O. The topological polar surface area (TPSA) is 67.6 Å². The lowest BCUT2D eigenvalue weighted by atomic mass is 10.1. The second-order valence-electron chi connectivity index (χ2n) is 5.56. The van der Waals surface area contributed by atoms with E-state index in [0.717, 1.165) is 27.4 Å². The highest BCUT2D eigenvalue weighted by atomic mass is 16.4. The molecule has 5 rings (SSSR count). The van der Waals surface area contributed by atoms with Crippen molar-refractivity contribution in [3.05, 3.63) is 66.9 Å².